The summed E-state index contributed by atoms with van der Waals surface area (Å²) in [4.78, 5) is 23.6. The lowest BCUT2D eigenvalue weighted by molar-refractivity contribution is -0.140. The number of rotatable bonds is 9. The zero-order valence-corrected chi connectivity index (χ0v) is 20.1. The maximum absolute atomic E-state index is 12.4. The lowest BCUT2D eigenvalue weighted by atomic mass is 10.1. The minimum absolute atomic E-state index is 0.205. The van der Waals surface area contributed by atoms with E-state index in [2.05, 4.69) is 31.1 Å². The van der Waals surface area contributed by atoms with E-state index < -0.39 is 12.2 Å². The fourth-order valence-electron chi connectivity index (χ4n) is 2.91. The molecule has 168 valence electrons. The van der Waals surface area contributed by atoms with Gasteiger partial charge in [0.1, 0.15) is 23.7 Å². The third-order valence-corrected chi connectivity index (χ3v) is 6.36. The number of aromatic nitrogens is 1. The summed E-state index contributed by atoms with van der Waals surface area (Å²) in [7, 11) is 1.39. The molecule has 0 saturated carbocycles. The van der Waals surface area contributed by atoms with E-state index in [0.717, 1.165) is 26.9 Å². The molecule has 2 aromatic carbocycles. The van der Waals surface area contributed by atoms with E-state index in [1.807, 2.05) is 48.5 Å². The fourth-order valence-corrected chi connectivity index (χ4v) is 4.40. The molecule has 1 unspecified atom stereocenters. The molecule has 3 rings (SSSR count). The van der Waals surface area contributed by atoms with Crippen LogP contribution in [0, 0.1) is 0 Å². The Balaban J connectivity index is 1.57. The molecule has 0 radical (unpaired) electrons. The number of methoxy groups -OCH3 is 1. The van der Waals surface area contributed by atoms with Crippen LogP contribution < -0.4 is 5.32 Å². The summed E-state index contributed by atoms with van der Waals surface area (Å²) >= 11 is 5.12. The molecule has 0 spiro atoms. The second-order valence-corrected chi connectivity index (χ2v) is 8.81. The average Bonchev–Trinajstić information content (AvgIpc) is 3.25. The maximum Gasteiger partial charge on any atom is 0.412 e. The van der Waals surface area contributed by atoms with Crippen molar-refractivity contribution in [2.45, 2.75) is 25.2 Å². The van der Waals surface area contributed by atoms with Crippen LogP contribution in [0.25, 0.3) is 11.3 Å². The quantitative estimate of drug-likeness (QED) is 0.266. The van der Waals surface area contributed by atoms with Gasteiger partial charge in [0.05, 0.1) is 13.5 Å². The van der Waals surface area contributed by atoms with Gasteiger partial charge >= 0.3 is 12.1 Å². The van der Waals surface area contributed by atoms with Gasteiger partial charge in [0.15, 0.2) is 0 Å². The highest BCUT2D eigenvalue weighted by atomic mass is 79.9. The first-order valence-corrected chi connectivity index (χ1v) is 11.8. The zero-order chi connectivity index (χ0) is 22.9. The Bertz CT molecular complexity index is 1050. The van der Waals surface area contributed by atoms with Gasteiger partial charge in [-0.2, -0.15) is 11.8 Å². The van der Waals surface area contributed by atoms with E-state index in [4.69, 9.17) is 9.26 Å². The van der Waals surface area contributed by atoms with Gasteiger partial charge in [-0.3, -0.25) is 10.1 Å². The third-order valence-electron chi connectivity index (χ3n) is 4.61. The largest absolute Gasteiger partial charge is 0.469 e. The Kier molecular flexibility index (Phi) is 8.75. The molecule has 1 amide bonds. The Morgan fingerprint density at radius 1 is 1.19 bits per heavy atom. The van der Waals surface area contributed by atoms with Crippen LogP contribution in [0.5, 0.6) is 0 Å². The number of amides is 1. The first kappa shape index (κ1) is 23.9. The number of halogens is 1. The van der Waals surface area contributed by atoms with E-state index in [1.54, 1.807) is 18.7 Å². The molecular weight excluding hydrogens is 496 g/mol. The highest BCUT2D eigenvalue weighted by molar-refractivity contribution is 9.10. The molecule has 9 heteroatoms. The molecule has 1 atom stereocenters. The molecule has 1 aromatic heterocycles. The van der Waals surface area contributed by atoms with Gasteiger partial charge in [-0.25, -0.2) is 4.79 Å². The van der Waals surface area contributed by atoms with Crippen molar-refractivity contribution in [2.24, 2.45) is 0 Å². The number of carbonyl (C=O) groups excluding carboxylic acids is 2. The predicted molar refractivity (Wildman–Crippen MR) is 127 cm³/mol. The van der Waals surface area contributed by atoms with Crippen LogP contribution in [0.15, 0.2) is 63.8 Å². The molecule has 1 heterocycles. The normalized spacial score (nSPS) is 11.6. The summed E-state index contributed by atoms with van der Waals surface area (Å²) < 4.78 is 16.1. The number of thioether (sulfide) groups is 1. The van der Waals surface area contributed by atoms with Crippen molar-refractivity contribution in [3.05, 3.63) is 70.4 Å². The van der Waals surface area contributed by atoms with Crippen LogP contribution in [0.2, 0.25) is 0 Å². The highest BCUT2D eigenvalue weighted by Crippen LogP contribution is 2.29. The monoisotopic (exact) mass is 518 g/mol. The number of nitrogens with one attached hydrogen (secondary N) is 1. The molecule has 7 nitrogen and oxygen atoms in total. The molecule has 0 saturated heterocycles. The van der Waals surface area contributed by atoms with Crippen molar-refractivity contribution in [3.8, 4) is 11.3 Å². The van der Waals surface area contributed by atoms with Crippen LogP contribution in [0.4, 0.5) is 10.5 Å². The highest BCUT2D eigenvalue weighted by Gasteiger charge is 2.18. The van der Waals surface area contributed by atoms with Gasteiger partial charge < -0.3 is 14.0 Å². The van der Waals surface area contributed by atoms with Gasteiger partial charge in [0.2, 0.25) is 0 Å². The molecule has 0 aliphatic heterocycles. The van der Waals surface area contributed by atoms with Crippen molar-refractivity contribution in [3.63, 3.8) is 0 Å². The number of nitrogens with zero attached hydrogens (tertiary/aromatic N) is 1. The lowest BCUT2D eigenvalue weighted by Crippen LogP contribution is -2.16. The van der Waals surface area contributed by atoms with E-state index in [-0.39, 0.29) is 5.97 Å². The predicted octanol–water partition coefficient (Wildman–Crippen LogP) is 6.21. The topological polar surface area (TPSA) is 90.7 Å². The number of ether oxygens (including phenoxy) is 2. The van der Waals surface area contributed by atoms with Crippen molar-refractivity contribution < 1.29 is 23.6 Å². The summed E-state index contributed by atoms with van der Waals surface area (Å²) in [6.45, 7) is 1.80. The molecular formula is C23H23BrN2O5S. The SMILES string of the molecule is COC(=O)CCSCc1ccc(-c2nocc2NC(=O)OC(C)c2ccccc2Br)cc1. The Morgan fingerprint density at radius 2 is 1.94 bits per heavy atom. The van der Waals surface area contributed by atoms with Crippen LogP contribution in [0.3, 0.4) is 0 Å². The van der Waals surface area contributed by atoms with Crippen molar-refractivity contribution in [1.29, 1.82) is 0 Å². The Labute approximate surface area is 199 Å². The van der Waals surface area contributed by atoms with Gasteiger partial charge in [-0.05, 0) is 18.6 Å². The van der Waals surface area contributed by atoms with Crippen LogP contribution in [-0.4, -0.2) is 30.1 Å². The number of hydrogen-bond donors (Lipinski definition) is 1. The molecule has 32 heavy (non-hydrogen) atoms. The first-order valence-electron chi connectivity index (χ1n) is 9.88. The first-order chi connectivity index (χ1) is 15.5. The number of esters is 1. The fraction of sp³-hybridized carbons (Fsp3) is 0.261. The second kappa shape index (κ2) is 11.7. The van der Waals surface area contributed by atoms with Gasteiger partial charge in [0.25, 0.3) is 0 Å². The Morgan fingerprint density at radius 3 is 2.66 bits per heavy atom. The van der Waals surface area contributed by atoms with Crippen molar-refractivity contribution in [1.82, 2.24) is 5.16 Å². The summed E-state index contributed by atoms with van der Waals surface area (Å²) in [5, 5.41) is 6.72. The number of anilines is 1. The van der Waals surface area contributed by atoms with Gasteiger partial charge in [-0.15, -0.1) is 0 Å². The molecule has 0 fully saturated rings. The molecule has 3 aromatic rings. The summed E-state index contributed by atoms with van der Waals surface area (Å²) in [5.74, 6) is 1.27. The third kappa shape index (κ3) is 6.61. The molecule has 0 bridgehead atoms. The van der Waals surface area contributed by atoms with E-state index in [1.165, 1.54) is 13.4 Å². The summed E-state index contributed by atoms with van der Waals surface area (Å²) in [5.41, 5.74) is 3.72. The maximum atomic E-state index is 12.4. The molecule has 1 N–H and O–H groups in total. The lowest BCUT2D eigenvalue weighted by Gasteiger charge is -2.15. The van der Waals surface area contributed by atoms with E-state index in [9.17, 15) is 9.59 Å². The second-order valence-electron chi connectivity index (χ2n) is 6.85. The molecule has 0 aliphatic carbocycles. The number of hydrogen-bond acceptors (Lipinski definition) is 7. The number of benzene rings is 2. The van der Waals surface area contributed by atoms with Crippen LogP contribution in [-0.2, 0) is 20.0 Å². The van der Waals surface area contributed by atoms with Crippen molar-refractivity contribution in [2.75, 3.05) is 18.2 Å². The van der Waals surface area contributed by atoms with Gasteiger partial charge in [-0.1, -0.05) is 63.6 Å². The minimum Gasteiger partial charge on any atom is -0.469 e. The molecule has 0 aliphatic rings. The van der Waals surface area contributed by atoms with E-state index in [0.29, 0.717) is 23.6 Å². The minimum atomic E-state index is -0.601. The standard InChI is InChI=1S/C23H23BrN2O5S/c1-15(18-5-3-4-6-19(18)24)31-23(28)25-20-13-30-26-22(20)17-9-7-16(8-10-17)14-32-12-11-21(27)29-2/h3-10,13,15H,11-12,14H2,1-2H3,(H,25,28). The average molecular weight is 519 g/mol. The smallest absolute Gasteiger partial charge is 0.412 e. The number of carbonyl (C=O) groups is 2. The Hall–Kier alpha value is -2.78. The van der Waals surface area contributed by atoms with Crippen molar-refractivity contribution >= 4 is 45.4 Å². The van der Waals surface area contributed by atoms with E-state index >= 15 is 0 Å². The van der Waals surface area contributed by atoms with Crippen LogP contribution >= 0.6 is 27.7 Å². The van der Waals surface area contributed by atoms with Crippen LogP contribution in [0.1, 0.15) is 30.6 Å². The zero-order valence-electron chi connectivity index (χ0n) is 17.7. The van der Waals surface area contributed by atoms with Gasteiger partial charge in [0, 0.05) is 27.1 Å². The summed E-state index contributed by atoms with van der Waals surface area (Å²) in [6.07, 6.45) is 0.723. The summed E-state index contributed by atoms with van der Waals surface area (Å²) in [6, 6.07) is 15.4.